The molecule has 0 N–H and O–H groups in total. The van der Waals surface area contributed by atoms with Gasteiger partial charge < -0.3 is 4.74 Å². The minimum absolute atomic E-state index is 0.115. The normalized spacial score (nSPS) is 16.9. The van der Waals surface area contributed by atoms with E-state index in [2.05, 4.69) is 11.8 Å². The Kier molecular flexibility index (Phi) is 5.80. The van der Waals surface area contributed by atoms with Crippen LogP contribution in [-0.4, -0.2) is 30.4 Å². The molecule has 3 nitrogen and oxygen atoms in total. The third kappa shape index (κ3) is 4.31. The molecular weight excluding hydrogens is 262 g/mol. The molecule has 0 aliphatic carbocycles. The molecule has 1 saturated heterocycles. The number of hydrogen-bond donors (Lipinski definition) is 0. The number of benzene rings is 1. The van der Waals surface area contributed by atoms with Crippen molar-refractivity contribution in [3.8, 4) is 5.75 Å². The van der Waals surface area contributed by atoms with Crippen molar-refractivity contribution in [2.45, 2.75) is 46.6 Å². The van der Waals surface area contributed by atoms with Crippen LogP contribution in [0.3, 0.4) is 0 Å². The van der Waals surface area contributed by atoms with Crippen molar-refractivity contribution in [3.05, 3.63) is 29.3 Å². The smallest absolute Gasteiger partial charge is 0.159 e. The van der Waals surface area contributed by atoms with Crippen LogP contribution in [0.25, 0.3) is 0 Å². The summed E-state index contributed by atoms with van der Waals surface area (Å²) in [5.74, 6) is 1.92. The molecule has 0 amide bonds. The van der Waals surface area contributed by atoms with E-state index in [0.29, 0.717) is 6.61 Å². The third-order valence-corrected chi connectivity index (χ3v) is 4.45. The summed E-state index contributed by atoms with van der Waals surface area (Å²) in [6, 6.07) is 5.80. The van der Waals surface area contributed by atoms with E-state index in [1.165, 1.54) is 19.3 Å². The van der Waals surface area contributed by atoms with E-state index in [4.69, 9.17) is 4.74 Å². The summed E-state index contributed by atoms with van der Waals surface area (Å²) in [7, 11) is 0. The maximum absolute atomic E-state index is 11.6. The molecule has 21 heavy (non-hydrogen) atoms. The van der Waals surface area contributed by atoms with E-state index in [1.807, 2.05) is 25.1 Å². The topological polar surface area (TPSA) is 29.5 Å². The van der Waals surface area contributed by atoms with Crippen LogP contribution in [0.5, 0.6) is 5.75 Å². The first-order chi connectivity index (χ1) is 10.1. The lowest BCUT2D eigenvalue weighted by atomic mass is 9.94. The summed E-state index contributed by atoms with van der Waals surface area (Å²) in [6.45, 7) is 9.73. The highest BCUT2D eigenvalue weighted by molar-refractivity contribution is 5.94. The average Bonchev–Trinajstić information content (AvgIpc) is 2.50. The average molecular weight is 289 g/mol. The zero-order valence-electron chi connectivity index (χ0n) is 13.5. The van der Waals surface area contributed by atoms with Gasteiger partial charge in [-0.15, -0.1) is 0 Å². The Morgan fingerprint density at radius 1 is 1.29 bits per heavy atom. The monoisotopic (exact) mass is 289 g/mol. The van der Waals surface area contributed by atoms with Crippen LogP contribution in [0.4, 0.5) is 0 Å². The summed E-state index contributed by atoms with van der Waals surface area (Å²) in [4.78, 5) is 14.1. The fourth-order valence-corrected chi connectivity index (χ4v) is 3.01. The van der Waals surface area contributed by atoms with Gasteiger partial charge in [0.15, 0.2) is 5.78 Å². The SMILES string of the molecule is CCOc1ccc(C(C)=O)cc1CN1CCC(CC)CC1. The Balaban J connectivity index is 2.09. The molecule has 1 fully saturated rings. The number of carbonyl (C=O) groups excluding carboxylic acids is 1. The summed E-state index contributed by atoms with van der Waals surface area (Å²) < 4.78 is 5.72. The van der Waals surface area contributed by atoms with Gasteiger partial charge in [-0.2, -0.15) is 0 Å². The molecule has 0 aromatic heterocycles. The van der Waals surface area contributed by atoms with E-state index in [9.17, 15) is 4.79 Å². The van der Waals surface area contributed by atoms with Crippen LogP contribution < -0.4 is 4.74 Å². The van der Waals surface area contributed by atoms with E-state index in [0.717, 1.165) is 42.4 Å². The number of likely N-dealkylation sites (tertiary alicyclic amines) is 1. The lowest BCUT2D eigenvalue weighted by molar-refractivity contribution is 0.101. The minimum Gasteiger partial charge on any atom is -0.494 e. The van der Waals surface area contributed by atoms with Crippen LogP contribution in [-0.2, 0) is 6.54 Å². The molecule has 1 aliphatic rings. The molecule has 1 aliphatic heterocycles. The Labute approximate surface area is 128 Å². The van der Waals surface area contributed by atoms with Crippen molar-refractivity contribution in [1.29, 1.82) is 0 Å². The van der Waals surface area contributed by atoms with Gasteiger partial charge in [-0.05, 0) is 63.9 Å². The number of piperidine rings is 1. The summed E-state index contributed by atoms with van der Waals surface area (Å²) in [6.07, 6.45) is 3.86. The van der Waals surface area contributed by atoms with Gasteiger partial charge in [0.05, 0.1) is 6.61 Å². The second-order valence-corrected chi connectivity index (χ2v) is 5.94. The second-order valence-electron chi connectivity index (χ2n) is 5.94. The van der Waals surface area contributed by atoms with Crippen LogP contribution in [0.1, 0.15) is 56.0 Å². The largest absolute Gasteiger partial charge is 0.494 e. The first kappa shape index (κ1) is 16.0. The van der Waals surface area contributed by atoms with Gasteiger partial charge in [0.1, 0.15) is 5.75 Å². The Bertz CT molecular complexity index is 476. The summed E-state index contributed by atoms with van der Waals surface area (Å²) >= 11 is 0. The quantitative estimate of drug-likeness (QED) is 0.744. The van der Waals surface area contributed by atoms with Gasteiger partial charge in [-0.25, -0.2) is 0 Å². The molecular formula is C18H27NO2. The van der Waals surface area contributed by atoms with Gasteiger partial charge in [-0.3, -0.25) is 9.69 Å². The molecule has 0 radical (unpaired) electrons. The van der Waals surface area contributed by atoms with Crippen LogP contribution >= 0.6 is 0 Å². The molecule has 1 aromatic carbocycles. The molecule has 0 spiro atoms. The first-order valence-corrected chi connectivity index (χ1v) is 8.13. The van der Waals surface area contributed by atoms with Crippen LogP contribution in [0.2, 0.25) is 0 Å². The third-order valence-electron chi connectivity index (χ3n) is 4.45. The van der Waals surface area contributed by atoms with E-state index in [1.54, 1.807) is 6.92 Å². The fraction of sp³-hybridized carbons (Fsp3) is 0.611. The van der Waals surface area contributed by atoms with Gasteiger partial charge in [0.2, 0.25) is 0 Å². The molecule has 0 saturated carbocycles. The maximum atomic E-state index is 11.6. The highest BCUT2D eigenvalue weighted by Crippen LogP contribution is 2.26. The number of ether oxygens (including phenoxy) is 1. The van der Waals surface area contributed by atoms with Crippen LogP contribution in [0, 0.1) is 5.92 Å². The molecule has 0 bridgehead atoms. The summed E-state index contributed by atoms with van der Waals surface area (Å²) in [5.41, 5.74) is 1.91. The summed E-state index contributed by atoms with van der Waals surface area (Å²) in [5, 5.41) is 0. The van der Waals surface area contributed by atoms with Crippen molar-refractivity contribution in [2.24, 2.45) is 5.92 Å². The predicted molar refractivity (Wildman–Crippen MR) is 85.9 cm³/mol. The number of carbonyl (C=O) groups is 1. The highest BCUT2D eigenvalue weighted by atomic mass is 16.5. The Hall–Kier alpha value is -1.35. The number of rotatable bonds is 6. The Morgan fingerprint density at radius 3 is 2.57 bits per heavy atom. The van der Waals surface area contributed by atoms with E-state index >= 15 is 0 Å². The molecule has 0 atom stereocenters. The lowest BCUT2D eigenvalue weighted by Gasteiger charge is -2.31. The van der Waals surface area contributed by atoms with Crippen molar-refractivity contribution < 1.29 is 9.53 Å². The van der Waals surface area contributed by atoms with E-state index < -0.39 is 0 Å². The lowest BCUT2D eigenvalue weighted by Crippen LogP contribution is -2.33. The van der Waals surface area contributed by atoms with Crippen molar-refractivity contribution in [3.63, 3.8) is 0 Å². The molecule has 1 heterocycles. The van der Waals surface area contributed by atoms with Gasteiger partial charge >= 0.3 is 0 Å². The zero-order valence-corrected chi connectivity index (χ0v) is 13.5. The van der Waals surface area contributed by atoms with Crippen molar-refractivity contribution in [1.82, 2.24) is 4.90 Å². The van der Waals surface area contributed by atoms with Gasteiger partial charge in [-0.1, -0.05) is 13.3 Å². The fourth-order valence-electron chi connectivity index (χ4n) is 3.01. The molecule has 1 aromatic rings. The van der Waals surface area contributed by atoms with E-state index in [-0.39, 0.29) is 5.78 Å². The highest BCUT2D eigenvalue weighted by Gasteiger charge is 2.19. The van der Waals surface area contributed by atoms with Gasteiger partial charge in [0.25, 0.3) is 0 Å². The molecule has 0 unspecified atom stereocenters. The predicted octanol–water partition coefficient (Wildman–Crippen LogP) is 3.91. The second kappa shape index (κ2) is 7.60. The maximum Gasteiger partial charge on any atom is 0.159 e. The first-order valence-electron chi connectivity index (χ1n) is 8.13. The van der Waals surface area contributed by atoms with Crippen molar-refractivity contribution in [2.75, 3.05) is 19.7 Å². The van der Waals surface area contributed by atoms with Crippen LogP contribution in [0.15, 0.2) is 18.2 Å². The molecule has 3 heteroatoms. The number of ketones is 1. The molecule has 2 rings (SSSR count). The Morgan fingerprint density at radius 2 is 2.00 bits per heavy atom. The van der Waals surface area contributed by atoms with Crippen molar-refractivity contribution >= 4 is 5.78 Å². The zero-order chi connectivity index (χ0) is 15.2. The number of hydrogen-bond acceptors (Lipinski definition) is 3. The standard InChI is InChI=1S/C18H27NO2/c1-4-15-8-10-19(11-9-15)13-17-12-16(14(3)20)6-7-18(17)21-5-2/h6-7,12,15H,4-5,8-11,13H2,1-3H3. The van der Waals surface area contributed by atoms with Gasteiger partial charge in [0, 0.05) is 17.7 Å². The molecule has 116 valence electrons. The number of Topliss-reactive ketones (excluding diaryl/α,β-unsaturated/α-hetero) is 1. The minimum atomic E-state index is 0.115. The number of nitrogens with zero attached hydrogens (tertiary/aromatic N) is 1.